The molecular formula is C48H55IN6O5S2. The molecule has 0 fully saturated rings. The van der Waals surface area contributed by atoms with Crippen molar-refractivity contribution in [2.24, 2.45) is 0 Å². The number of aryl methyl sites for hydroxylation is 4. The van der Waals surface area contributed by atoms with Crippen LogP contribution in [0.25, 0.3) is 20.4 Å². The van der Waals surface area contributed by atoms with E-state index in [4.69, 9.17) is 34.0 Å². The maximum Gasteiger partial charge on any atom is 0.263 e. The number of unbranched alkanes of at least 4 members (excludes halogenated alkanes) is 1. The summed E-state index contributed by atoms with van der Waals surface area (Å²) in [6, 6.07) is 13.8. The minimum atomic E-state index is -0.157. The quantitative estimate of drug-likeness (QED) is 0.0485. The summed E-state index contributed by atoms with van der Waals surface area (Å²) in [4.78, 5) is 39.8. The number of halogens is 1. The van der Waals surface area contributed by atoms with Crippen molar-refractivity contribution in [3.63, 3.8) is 0 Å². The molecule has 326 valence electrons. The van der Waals surface area contributed by atoms with E-state index in [1.807, 2.05) is 72.4 Å². The molecule has 0 spiro atoms. The molecule has 14 heteroatoms. The molecule has 1 atom stereocenters. The monoisotopic (exact) mass is 986 g/mol. The van der Waals surface area contributed by atoms with E-state index >= 15 is 0 Å². The third kappa shape index (κ3) is 9.33. The maximum atomic E-state index is 13.5. The van der Waals surface area contributed by atoms with Gasteiger partial charge in [-0.1, -0.05) is 31.5 Å². The number of benzene rings is 2. The van der Waals surface area contributed by atoms with Crippen molar-refractivity contribution in [3.05, 3.63) is 97.0 Å². The summed E-state index contributed by atoms with van der Waals surface area (Å²) < 4.78 is 17.2. The number of hydrogen-bond acceptors (Lipinski definition) is 11. The number of pyridine rings is 2. The molecule has 2 amide bonds. The van der Waals surface area contributed by atoms with E-state index in [1.54, 1.807) is 7.11 Å². The highest BCUT2D eigenvalue weighted by Gasteiger charge is 2.28. The third-order valence-corrected chi connectivity index (χ3v) is 14.8. The lowest BCUT2D eigenvalue weighted by Crippen LogP contribution is -2.33. The second-order valence-electron chi connectivity index (χ2n) is 16.5. The van der Waals surface area contributed by atoms with Crippen LogP contribution in [0.1, 0.15) is 116 Å². The molecule has 4 aromatic heterocycles. The summed E-state index contributed by atoms with van der Waals surface area (Å²) in [6.07, 6.45) is 13.2. The van der Waals surface area contributed by atoms with Gasteiger partial charge in [0.2, 0.25) is 0 Å². The predicted molar refractivity (Wildman–Crippen MR) is 260 cm³/mol. The topological polar surface area (TPSA) is 164 Å². The number of nitrogens with one attached hydrogen (secondary N) is 2. The van der Waals surface area contributed by atoms with Gasteiger partial charge in [0.25, 0.3) is 11.8 Å². The number of anilines is 2. The zero-order chi connectivity index (χ0) is 43.3. The maximum absolute atomic E-state index is 13.5. The van der Waals surface area contributed by atoms with Gasteiger partial charge in [0.1, 0.15) is 25.2 Å². The van der Waals surface area contributed by atoms with E-state index in [1.165, 1.54) is 57.0 Å². The van der Waals surface area contributed by atoms with Crippen LogP contribution in [0.3, 0.4) is 0 Å². The molecule has 0 saturated carbocycles. The fourth-order valence-electron chi connectivity index (χ4n) is 9.14. The summed E-state index contributed by atoms with van der Waals surface area (Å²) in [7, 11) is 1.65. The Morgan fingerprint density at radius 1 is 0.774 bits per heavy atom. The zero-order valence-electron chi connectivity index (χ0n) is 35.7. The van der Waals surface area contributed by atoms with Crippen LogP contribution in [0.2, 0.25) is 0 Å². The molecule has 0 bridgehead atoms. The lowest BCUT2D eigenvalue weighted by Gasteiger charge is -2.20. The van der Waals surface area contributed by atoms with E-state index < -0.39 is 0 Å². The second kappa shape index (κ2) is 19.8. The summed E-state index contributed by atoms with van der Waals surface area (Å²) in [6.45, 7) is 5.19. The van der Waals surface area contributed by atoms with Crippen LogP contribution in [-0.2, 0) is 51.4 Å². The first-order chi connectivity index (χ1) is 30.2. The number of nitrogen functional groups attached to an aromatic ring is 2. The van der Waals surface area contributed by atoms with Crippen LogP contribution in [0.15, 0.2) is 42.5 Å². The molecule has 2 aliphatic carbocycles. The molecule has 62 heavy (non-hydrogen) atoms. The fraction of sp³-hybridized carbons (Fsp3) is 0.417. The second-order valence-corrected chi connectivity index (χ2v) is 18.9. The largest absolute Gasteiger partial charge is 0.493 e. The van der Waals surface area contributed by atoms with Crippen LogP contribution in [0.4, 0.5) is 11.4 Å². The van der Waals surface area contributed by atoms with E-state index in [-0.39, 0.29) is 17.9 Å². The Bertz CT molecular complexity index is 2610. The molecule has 6 N–H and O–H groups in total. The number of carbonyl (C=O) groups excluding carboxylic acids is 2. The van der Waals surface area contributed by atoms with Crippen LogP contribution in [0.5, 0.6) is 17.2 Å². The Kier molecular flexibility index (Phi) is 14.0. The molecule has 8 rings (SSSR count). The van der Waals surface area contributed by atoms with Gasteiger partial charge in [-0.3, -0.25) is 9.59 Å². The molecule has 6 aromatic rings. The van der Waals surface area contributed by atoms with E-state index in [0.717, 1.165) is 114 Å². The smallest absolute Gasteiger partial charge is 0.263 e. The minimum Gasteiger partial charge on any atom is -0.493 e. The van der Waals surface area contributed by atoms with Crippen molar-refractivity contribution in [3.8, 4) is 17.2 Å². The Morgan fingerprint density at radius 3 is 2.05 bits per heavy atom. The highest BCUT2D eigenvalue weighted by molar-refractivity contribution is 14.1. The highest BCUT2D eigenvalue weighted by atomic mass is 127. The molecule has 0 saturated heterocycles. The average Bonchev–Trinajstić information content (AvgIpc) is 3.99. The number of nitrogens with zero attached hydrogens (tertiary/aromatic N) is 2. The number of thiophene rings is 2. The Balaban J connectivity index is 0.836. The van der Waals surface area contributed by atoms with Crippen molar-refractivity contribution < 1.29 is 22.1 Å². The summed E-state index contributed by atoms with van der Waals surface area (Å²) in [5, 5.41) is 8.19. The normalized spacial score (nSPS) is 13.8. The van der Waals surface area contributed by atoms with Gasteiger partial charge in [0.05, 0.1) is 25.1 Å². The van der Waals surface area contributed by atoms with Gasteiger partial charge in [-0.05, 0) is 148 Å². The number of hydrogen-bond donors (Lipinski definition) is 4. The number of fused-ring (bicyclic) bond motifs is 6. The van der Waals surface area contributed by atoms with Crippen LogP contribution >= 0.6 is 45.7 Å². The molecule has 2 aliphatic rings. The number of methoxy groups -OCH3 is 1. The fourth-order valence-corrected chi connectivity index (χ4v) is 11.5. The minimum absolute atomic E-state index is 0.0752. The van der Waals surface area contributed by atoms with E-state index in [2.05, 4.69) is 17.6 Å². The van der Waals surface area contributed by atoms with Crippen molar-refractivity contribution in [1.29, 1.82) is 0 Å². The first kappa shape index (κ1) is 44.0. The molecular weight excluding hydrogens is 932 g/mol. The molecule has 0 radical (unpaired) electrons. The van der Waals surface area contributed by atoms with Crippen molar-refractivity contribution >= 4 is 89.3 Å². The van der Waals surface area contributed by atoms with Crippen molar-refractivity contribution in [2.45, 2.75) is 110 Å². The SMILES string of the molecule is CCCc1nc2sc(C(=O)NCCc3ccc(OCCCCc4nc5sc(C(=O)N[C@@H](C)Cc6ccc(OI)cc6)c(N)c5c5c4CCC5)c(OC)c3)c(N)c2c2c1CCCC2. The Hall–Kier alpha value is -4.67. The average molecular weight is 987 g/mol. The number of nitrogens with two attached hydrogens (primary N) is 2. The van der Waals surface area contributed by atoms with Gasteiger partial charge in [-0.15, -0.1) is 22.7 Å². The molecule has 0 aliphatic heterocycles. The number of rotatable bonds is 18. The van der Waals surface area contributed by atoms with Gasteiger partial charge in [-0.2, -0.15) is 0 Å². The number of ether oxygens (including phenoxy) is 2. The summed E-state index contributed by atoms with van der Waals surface area (Å²) in [5.41, 5.74) is 24.1. The van der Waals surface area contributed by atoms with Crippen molar-refractivity contribution in [2.75, 3.05) is 31.7 Å². The first-order valence-electron chi connectivity index (χ1n) is 21.9. The highest BCUT2D eigenvalue weighted by Crippen LogP contribution is 2.42. The Labute approximate surface area is 385 Å². The molecule has 2 aromatic carbocycles. The number of aromatic nitrogens is 2. The molecule has 0 unspecified atom stereocenters. The van der Waals surface area contributed by atoms with Crippen LogP contribution in [-0.4, -0.2) is 48.1 Å². The van der Waals surface area contributed by atoms with Gasteiger partial charge in [-0.25, -0.2) is 9.97 Å². The number of amides is 2. The summed E-state index contributed by atoms with van der Waals surface area (Å²) >= 11 is 4.67. The first-order valence-corrected chi connectivity index (χ1v) is 24.4. The van der Waals surface area contributed by atoms with Gasteiger partial charge in [0, 0.05) is 34.7 Å². The van der Waals surface area contributed by atoms with E-state index in [9.17, 15) is 9.59 Å². The lowest BCUT2D eigenvalue weighted by molar-refractivity contribution is 0.0941. The van der Waals surface area contributed by atoms with Crippen molar-refractivity contribution in [1.82, 2.24) is 20.6 Å². The van der Waals surface area contributed by atoms with Gasteiger partial charge >= 0.3 is 0 Å². The summed E-state index contributed by atoms with van der Waals surface area (Å²) in [5.74, 6) is 1.84. The third-order valence-electron chi connectivity index (χ3n) is 12.1. The van der Waals surface area contributed by atoms with Crippen LogP contribution < -0.4 is 34.6 Å². The zero-order valence-corrected chi connectivity index (χ0v) is 39.5. The van der Waals surface area contributed by atoms with Crippen LogP contribution in [0, 0.1) is 0 Å². The van der Waals surface area contributed by atoms with Gasteiger partial charge < -0.3 is 34.6 Å². The molecule has 4 heterocycles. The van der Waals surface area contributed by atoms with Gasteiger partial charge in [0.15, 0.2) is 34.5 Å². The number of carbonyl (C=O) groups is 2. The lowest BCUT2D eigenvalue weighted by atomic mass is 9.87. The Morgan fingerprint density at radius 2 is 1.39 bits per heavy atom. The predicted octanol–water partition coefficient (Wildman–Crippen LogP) is 9.86. The van der Waals surface area contributed by atoms with E-state index in [0.29, 0.717) is 58.6 Å². The standard InChI is InChI=1S/C48H55IN6O5S2/c1-4-10-35-31-11-5-6-12-33(31)39-41(50)43(61-47(39)54-35)45(56)52-23-22-29-18-21-37(38(26-29)58-3)59-24-8-7-15-36-32-13-9-14-34(32)40-42(51)44(62-48(40)55-36)46(57)53-27(2)25-28-16-19-30(60-49)20-17-28/h16-21,26-27H,4-15,22-25,50-51H2,1-3H3,(H,52,56)(H,53,57)/t27-/m0/s1. The molecule has 11 nitrogen and oxygen atoms in total.